The molecule has 1 aromatic carbocycles. The number of amides is 2. The molecule has 0 heterocycles. The van der Waals surface area contributed by atoms with Gasteiger partial charge in [-0.2, -0.15) is 0 Å². The summed E-state index contributed by atoms with van der Waals surface area (Å²) in [6, 6.07) is 8.38. The topological polar surface area (TPSA) is 78.4 Å². The van der Waals surface area contributed by atoms with Gasteiger partial charge in [0.1, 0.15) is 0 Å². The number of carbonyl (C=O) groups is 2. The first kappa shape index (κ1) is 16.0. The molecule has 0 aliphatic heterocycles. The molecule has 20 heavy (non-hydrogen) atoms. The number of urea groups is 1. The molecule has 0 spiro atoms. The maximum atomic E-state index is 11.9. The number of hydrogen-bond acceptors (Lipinski definition) is 2. The average molecular weight is 278 g/mol. The maximum absolute atomic E-state index is 11.9. The Morgan fingerprint density at radius 1 is 1.10 bits per heavy atom. The van der Waals surface area contributed by atoms with E-state index in [1.807, 2.05) is 44.2 Å². The molecule has 1 aromatic rings. The van der Waals surface area contributed by atoms with Gasteiger partial charge in [0.25, 0.3) is 0 Å². The smallest absolute Gasteiger partial charge is 0.315 e. The fourth-order valence-corrected chi connectivity index (χ4v) is 1.99. The van der Waals surface area contributed by atoms with Crippen molar-refractivity contribution < 1.29 is 14.7 Å². The quantitative estimate of drug-likeness (QED) is 0.717. The molecule has 5 heteroatoms. The second-order valence-corrected chi connectivity index (χ2v) is 4.69. The zero-order valence-electron chi connectivity index (χ0n) is 11.9. The molecule has 1 rings (SSSR count). The highest BCUT2D eigenvalue weighted by Crippen LogP contribution is 2.16. The number of carboxylic acid groups (broad SMARTS) is 1. The van der Waals surface area contributed by atoms with E-state index in [2.05, 4.69) is 10.6 Å². The molecule has 110 valence electrons. The van der Waals surface area contributed by atoms with E-state index in [0.29, 0.717) is 0 Å². The Balaban J connectivity index is 2.70. The fourth-order valence-electron chi connectivity index (χ4n) is 1.99. The second-order valence-electron chi connectivity index (χ2n) is 4.69. The fraction of sp³-hybridized carbons (Fsp3) is 0.467. The first-order chi connectivity index (χ1) is 9.56. The summed E-state index contributed by atoms with van der Waals surface area (Å²) in [5.74, 6) is -0.943. The molecule has 0 saturated heterocycles. The van der Waals surface area contributed by atoms with Gasteiger partial charge < -0.3 is 15.7 Å². The number of benzene rings is 1. The van der Waals surface area contributed by atoms with Crippen molar-refractivity contribution >= 4 is 12.0 Å². The monoisotopic (exact) mass is 278 g/mol. The van der Waals surface area contributed by atoms with Crippen LogP contribution in [0.2, 0.25) is 0 Å². The Bertz CT molecular complexity index is 430. The summed E-state index contributed by atoms with van der Waals surface area (Å²) >= 11 is 0. The largest absolute Gasteiger partial charge is 0.481 e. The molecule has 0 aliphatic rings. The van der Waals surface area contributed by atoms with Crippen LogP contribution in [0.3, 0.4) is 0 Å². The van der Waals surface area contributed by atoms with Gasteiger partial charge in [-0.1, -0.05) is 44.2 Å². The minimum atomic E-state index is -0.943. The molecule has 0 saturated carbocycles. The zero-order chi connectivity index (χ0) is 15.0. The van der Waals surface area contributed by atoms with Crippen LogP contribution >= 0.6 is 0 Å². The summed E-state index contributed by atoms with van der Waals surface area (Å²) in [7, 11) is 0. The van der Waals surface area contributed by atoms with E-state index in [1.165, 1.54) is 0 Å². The van der Waals surface area contributed by atoms with E-state index < -0.39 is 12.0 Å². The molecule has 0 bridgehead atoms. The highest BCUT2D eigenvalue weighted by molar-refractivity contribution is 5.76. The van der Waals surface area contributed by atoms with Crippen LogP contribution in [0, 0.1) is 0 Å². The van der Waals surface area contributed by atoms with Gasteiger partial charge in [0.2, 0.25) is 0 Å². The third-order valence-electron chi connectivity index (χ3n) is 3.21. The zero-order valence-corrected chi connectivity index (χ0v) is 11.9. The van der Waals surface area contributed by atoms with Gasteiger partial charge in [-0.3, -0.25) is 4.79 Å². The Labute approximate surface area is 119 Å². The van der Waals surface area contributed by atoms with Crippen molar-refractivity contribution in [3.8, 4) is 0 Å². The van der Waals surface area contributed by atoms with Gasteiger partial charge in [-0.15, -0.1) is 0 Å². The van der Waals surface area contributed by atoms with Crippen molar-refractivity contribution in [2.24, 2.45) is 0 Å². The summed E-state index contributed by atoms with van der Waals surface area (Å²) in [6.45, 7) is 4.00. The van der Waals surface area contributed by atoms with Crippen molar-refractivity contribution in [3.63, 3.8) is 0 Å². The highest BCUT2D eigenvalue weighted by Gasteiger charge is 2.18. The average Bonchev–Trinajstić information content (AvgIpc) is 2.44. The molecule has 3 N–H and O–H groups in total. The number of carboxylic acids is 1. The van der Waals surface area contributed by atoms with Crippen molar-refractivity contribution in [1.82, 2.24) is 10.6 Å². The van der Waals surface area contributed by atoms with Gasteiger partial charge >= 0.3 is 12.0 Å². The minimum absolute atomic E-state index is 0.108. The summed E-state index contributed by atoms with van der Waals surface area (Å²) in [4.78, 5) is 22.8. The van der Waals surface area contributed by atoms with Crippen molar-refractivity contribution in [1.29, 1.82) is 0 Å². The Kier molecular flexibility index (Phi) is 6.56. The lowest BCUT2D eigenvalue weighted by molar-refractivity contribution is -0.137. The summed E-state index contributed by atoms with van der Waals surface area (Å²) < 4.78 is 0. The highest BCUT2D eigenvalue weighted by atomic mass is 16.4. The minimum Gasteiger partial charge on any atom is -0.481 e. The summed E-state index contributed by atoms with van der Waals surface area (Å²) in [5.41, 5.74) is 0.787. The number of carbonyl (C=O) groups excluding carboxylic acids is 1. The van der Waals surface area contributed by atoms with Crippen LogP contribution in [0.15, 0.2) is 30.3 Å². The lowest BCUT2D eigenvalue weighted by atomic mass is 10.0. The molecule has 2 amide bonds. The lowest BCUT2D eigenvalue weighted by Crippen LogP contribution is -2.43. The van der Waals surface area contributed by atoms with Gasteiger partial charge in [-0.25, -0.2) is 4.79 Å². The molecule has 1 unspecified atom stereocenters. The van der Waals surface area contributed by atoms with Crippen LogP contribution in [0.4, 0.5) is 4.79 Å². The summed E-state index contributed by atoms with van der Waals surface area (Å²) in [6.07, 6.45) is 1.55. The number of nitrogens with one attached hydrogen (secondary N) is 2. The standard InChI is InChI=1S/C15H22N2O3/c1-3-12(4-2)16-15(20)17-13(10-14(18)19)11-8-6-5-7-9-11/h5-9,12-13H,3-4,10H2,1-2H3,(H,18,19)(H2,16,17,20). The molecule has 0 aromatic heterocycles. The van der Waals surface area contributed by atoms with Crippen LogP contribution in [0.1, 0.15) is 44.7 Å². The number of aliphatic carboxylic acids is 1. The van der Waals surface area contributed by atoms with Crippen LogP contribution in [0.5, 0.6) is 0 Å². The van der Waals surface area contributed by atoms with Crippen molar-refractivity contribution in [3.05, 3.63) is 35.9 Å². The Hall–Kier alpha value is -2.04. The molecular formula is C15H22N2O3. The van der Waals surface area contributed by atoms with Crippen molar-refractivity contribution in [2.75, 3.05) is 0 Å². The van der Waals surface area contributed by atoms with Crippen LogP contribution in [-0.2, 0) is 4.79 Å². The van der Waals surface area contributed by atoms with E-state index in [4.69, 9.17) is 5.11 Å². The van der Waals surface area contributed by atoms with Crippen LogP contribution in [-0.4, -0.2) is 23.1 Å². The molecule has 5 nitrogen and oxygen atoms in total. The Morgan fingerprint density at radius 3 is 2.20 bits per heavy atom. The molecule has 0 radical (unpaired) electrons. The van der Waals surface area contributed by atoms with Crippen molar-refractivity contribution in [2.45, 2.75) is 45.2 Å². The SMILES string of the molecule is CCC(CC)NC(=O)NC(CC(=O)O)c1ccccc1. The molecular weight excluding hydrogens is 256 g/mol. The number of hydrogen-bond donors (Lipinski definition) is 3. The van der Waals surface area contributed by atoms with Crippen LogP contribution in [0.25, 0.3) is 0 Å². The summed E-state index contributed by atoms with van der Waals surface area (Å²) in [5, 5.41) is 14.5. The number of rotatable bonds is 7. The Morgan fingerprint density at radius 2 is 1.70 bits per heavy atom. The molecule has 1 atom stereocenters. The first-order valence-corrected chi connectivity index (χ1v) is 6.90. The first-order valence-electron chi connectivity index (χ1n) is 6.90. The van der Waals surface area contributed by atoms with Gasteiger partial charge in [0, 0.05) is 6.04 Å². The molecule has 0 fully saturated rings. The van der Waals surface area contributed by atoms with Gasteiger partial charge in [0.15, 0.2) is 0 Å². The van der Waals surface area contributed by atoms with Crippen LogP contribution < -0.4 is 10.6 Å². The predicted molar refractivity (Wildman–Crippen MR) is 77.5 cm³/mol. The third-order valence-corrected chi connectivity index (χ3v) is 3.21. The van der Waals surface area contributed by atoms with E-state index >= 15 is 0 Å². The normalized spacial score (nSPS) is 11.9. The van der Waals surface area contributed by atoms with E-state index in [1.54, 1.807) is 0 Å². The van der Waals surface area contributed by atoms with Gasteiger partial charge in [-0.05, 0) is 18.4 Å². The lowest BCUT2D eigenvalue weighted by Gasteiger charge is -2.21. The van der Waals surface area contributed by atoms with E-state index in [0.717, 1.165) is 18.4 Å². The van der Waals surface area contributed by atoms with E-state index in [9.17, 15) is 9.59 Å². The third kappa shape index (κ3) is 5.30. The maximum Gasteiger partial charge on any atom is 0.315 e. The van der Waals surface area contributed by atoms with E-state index in [-0.39, 0.29) is 18.5 Å². The second kappa shape index (κ2) is 8.19. The predicted octanol–water partition coefficient (Wildman–Crippen LogP) is 2.69. The molecule has 0 aliphatic carbocycles. The van der Waals surface area contributed by atoms with Gasteiger partial charge in [0.05, 0.1) is 12.5 Å².